The minimum absolute atomic E-state index is 0.244. The zero-order chi connectivity index (χ0) is 14.9. The normalized spacial score (nSPS) is 16.7. The van der Waals surface area contributed by atoms with Gasteiger partial charge in [0.1, 0.15) is 0 Å². The summed E-state index contributed by atoms with van der Waals surface area (Å²) in [6, 6.07) is 2.12. The van der Waals surface area contributed by atoms with Gasteiger partial charge in [-0.25, -0.2) is 5.43 Å². The Balaban J connectivity index is 1.43. The Hall–Kier alpha value is -2.37. The zero-order valence-corrected chi connectivity index (χ0v) is 12.4. The van der Waals surface area contributed by atoms with Crippen molar-refractivity contribution in [3.63, 3.8) is 0 Å². The number of fused-ring (bicyclic) bond motifs is 2. The van der Waals surface area contributed by atoms with E-state index < -0.39 is 0 Å². The summed E-state index contributed by atoms with van der Waals surface area (Å²) in [6.45, 7) is 0. The van der Waals surface area contributed by atoms with Crippen LogP contribution in [0.2, 0.25) is 0 Å². The lowest BCUT2D eigenvalue weighted by Crippen LogP contribution is -2.19. The topological polar surface area (TPSA) is 85.9 Å². The number of nitrogens with zero attached hydrogens (tertiary/aromatic N) is 2. The molecule has 6 heteroatoms. The number of amides is 1. The standard InChI is InChI=1S/C16H19N5O/c22-16(15-12-5-3-7-14(12)19-20-15)21-17-9-11-8-10-4-1-2-6-13(10)18-11/h8-9,18H,1-7H2,(H,19,20)(H,21,22). The van der Waals surface area contributed by atoms with Gasteiger partial charge in [0, 0.05) is 17.0 Å². The lowest BCUT2D eigenvalue weighted by atomic mass is 9.98. The first-order chi connectivity index (χ1) is 10.8. The largest absolute Gasteiger partial charge is 0.357 e. The van der Waals surface area contributed by atoms with Crippen molar-refractivity contribution in [2.75, 3.05) is 0 Å². The third kappa shape index (κ3) is 2.34. The number of rotatable bonds is 3. The molecule has 2 heterocycles. The number of aromatic nitrogens is 3. The van der Waals surface area contributed by atoms with Crippen LogP contribution in [-0.2, 0) is 25.7 Å². The zero-order valence-electron chi connectivity index (χ0n) is 12.4. The van der Waals surface area contributed by atoms with Crippen molar-refractivity contribution < 1.29 is 4.79 Å². The Bertz CT molecular complexity index is 716. The van der Waals surface area contributed by atoms with Gasteiger partial charge in [0.05, 0.1) is 11.9 Å². The third-order valence-electron chi connectivity index (χ3n) is 4.53. The molecule has 0 fully saturated rings. The second-order valence-corrected chi connectivity index (χ2v) is 6.02. The number of aryl methyl sites for hydroxylation is 3. The summed E-state index contributed by atoms with van der Waals surface area (Å²) < 4.78 is 0. The fraction of sp³-hybridized carbons (Fsp3) is 0.438. The third-order valence-corrected chi connectivity index (χ3v) is 4.53. The Morgan fingerprint density at radius 3 is 2.95 bits per heavy atom. The van der Waals surface area contributed by atoms with Gasteiger partial charge >= 0.3 is 0 Å². The number of hydrogen-bond donors (Lipinski definition) is 3. The van der Waals surface area contributed by atoms with E-state index in [1.165, 1.54) is 24.1 Å². The van der Waals surface area contributed by atoms with Crippen LogP contribution in [0.4, 0.5) is 0 Å². The monoisotopic (exact) mass is 297 g/mol. The first-order valence-electron chi connectivity index (χ1n) is 7.91. The van der Waals surface area contributed by atoms with Crippen LogP contribution in [-0.4, -0.2) is 27.3 Å². The number of hydrazone groups is 1. The minimum atomic E-state index is -0.244. The molecule has 0 atom stereocenters. The van der Waals surface area contributed by atoms with E-state index in [-0.39, 0.29) is 5.91 Å². The van der Waals surface area contributed by atoms with E-state index in [0.717, 1.165) is 49.1 Å². The molecule has 22 heavy (non-hydrogen) atoms. The molecule has 2 aromatic rings. The molecular formula is C16H19N5O. The van der Waals surface area contributed by atoms with Gasteiger partial charge in [-0.1, -0.05) is 0 Å². The first kappa shape index (κ1) is 13.3. The Labute approximate surface area is 128 Å². The molecule has 2 aromatic heterocycles. The summed E-state index contributed by atoms with van der Waals surface area (Å²) in [7, 11) is 0. The fourth-order valence-electron chi connectivity index (χ4n) is 3.42. The van der Waals surface area contributed by atoms with Gasteiger partial charge in [-0.2, -0.15) is 10.2 Å². The van der Waals surface area contributed by atoms with Gasteiger partial charge in [-0.3, -0.25) is 9.89 Å². The van der Waals surface area contributed by atoms with Crippen molar-refractivity contribution in [2.24, 2.45) is 5.10 Å². The summed E-state index contributed by atoms with van der Waals surface area (Å²) >= 11 is 0. The quantitative estimate of drug-likeness (QED) is 0.596. The van der Waals surface area contributed by atoms with Crippen LogP contribution < -0.4 is 5.43 Å². The van der Waals surface area contributed by atoms with E-state index in [4.69, 9.17) is 0 Å². The first-order valence-corrected chi connectivity index (χ1v) is 7.91. The van der Waals surface area contributed by atoms with Crippen molar-refractivity contribution in [1.82, 2.24) is 20.6 Å². The van der Waals surface area contributed by atoms with Crippen LogP contribution in [0, 0.1) is 0 Å². The molecule has 114 valence electrons. The van der Waals surface area contributed by atoms with Crippen LogP contribution in [0.1, 0.15) is 58.0 Å². The van der Waals surface area contributed by atoms with Crippen LogP contribution >= 0.6 is 0 Å². The number of aromatic amines is 2. The van der Waals surface area contributed by atoms with Crippen molar-refractivity contribution >= 4 is 12.1 Å². The lowest BCUT2D eigenvalue weighted by molar-refractivity contribution is 0.0949. The molecule has 0 saturated carbocycles. The molecular weight excluding hydrogens is 278 g/mol. The van der Waals surface area contributed by atoms with Gasteiger partial charge in [0.15, 0.2) is 5.69 Å². The molecule has 0 unspecified atom stereocenters. The van der Waals surface area contributed by atoms with Gasteiger partial charge in [-0.15, -0.1) is 0 Å². The predicted molar refractivity (Wildman–Crippen MR) is 83.1 cm³/mol. The number of hydrogen-bond acceptors (Lipinski definition) is 3. The van der Waals surface area contributed by atoms with Crippen molar-refractivity contribution in [2.45, 2.75) is 44.9 Å². The SMILES string of the molecule is O=C(NN=Cc1cc2c([nH]1)CCCC2)c1n[nH]c2c1CCC2. The van der Waals surface area contributed by atoms with E-state index in [0.29, 0.717) is 5.69 Å². The predicted octanol–water partition coefficient (Wildman–Crippen LogP) is 1.87. The summed E-state index contributed by atoms with van der Waals surface area (Å²) in [5, 5.41) is 11.1. The van der Waals surface area contributed by atoms with E-state index in [1.54, 1.807) is 6.21 Å². The van der Waals surface area contributed by atoms with Crippen LogP contribution in [0.25, 0.3) is 0 Å². The highest BCUT2D eigenvalue weighted by Crippen LogP contribution is 2.23. The molecule has 2 aliphatic rings. The van der Waals surface area contributed by atoms with Crippen LogP contribution in [0.15, 0.2) is 11.2 Å². The maximum Gasteiger partial charge on any atom is 0.292 e. The number of H-pyrrole nitrogens is 2. The molecule has 0 aromatic carbocycles. The summed E-state index contributed by atoms with van der Waals surface area (Å²) in [4.78, 5) is 15.5. The molecule has 0 radical (unpaired) electrons. The maximum atomic E-state index is 12.1. The molecule has 6 nitrogen and oxygen atoms in total. The molecule has 4 rings (SSSR count). The Morgan fingerprint density at radius 2 is 2.05 bits per heavy atom. The maximum absolute atomic E-state index is 12.1. The minimum Gasteiger partial charge on any atom is -0.357 e. The number of nitrogens with one attached hydrogen (secondary N) is 3. The highest BCUT2D eigenvalue weighted by atomic mass is 16.2. The Kier molecular flexibility index (Phi) is 3.29. The van der Waals surface area contributed by atoms with Gasteiger partial charge in [-0.05, 0) is 56.6 Å². The number of carbonyl (C=O) groups excluding carboxylic acids is 1. The summed E-state index contributed by atoms with van der Waals surface area (Å²) in [5.41, 5.74) is 8.82. The van der Waals surface area contributed by atoms with Crippen molar-refractivity contribution in [1.29, 1.82) is 0 Å². The second-order valence-electron chi connectivity index (χ2n) is 6.02. The van der Waals surface area contributed by atoms with E-state index in [9.17, 15) is 4.79 Å². The number of carbonyl (C=O) groups is 1. The van der Waals surface area contributed by atoms with E-state index >= 15 is 0 Å². The highest BCUT2D eigenvalue weighted by molar-refractivity contribution is 5.94. The highest BCUT2D eigenvalue weighted by Gasteiger charge is 2.22. The molecule has 0 saturated heterocycles. The van der Waals surface area contributed by atoms with Gasteiger partial charge < -0.3 is 4.98 Å². The summed E-state index contributed by atoms with van der Waals surface area (Å²) in [6.07, 6.45) is 9.38. The molecule has 1 amide bonds. The molecule has 3 N–H and O–H groups in total. The Morgan fingerprint density at radius 1 is 1.18 bits per heavy atom. The van der Waals surface area contributed by atoms with Gasteiger partial charge in [0.25, 0.3) is 5.91 Å². The molecule has 0 bridgehead atoms. The fourth-order valence-corrected chi connectivity index (χ4v) is 3.42. The lowest BCUT2D eigenvalue weighted by Gasteiger charge is -2.08. The average molecular weight is 297 g/mol. The summed E-state index contributed by atoms with van der Waals surface area (Å²) in [5.74, 6) is -0.244. The van der Waals surface area contributed by atoms with Crippen LogP contribution in [0.3, 0.4) is 0 Å². The van der Waals surface area contributed by atoms with E-state index in [2.05, 4.69) is 31.8 Å². The average Bonchev–Trinajstić information content (AvgIpc) is 3.21. The van der Waals surface area contributed by atoms with Crippen molar-refractivity contribution in [3.05, 3.63) is 40.0 Å². The second kappa shape index (κ2) is 5.44. The smallest absolute Gasteiger partial charge is 0.292 e. The van der Waals surface area contributed by atoms with Crippen LogP contribution in [0.5, 0.6) is 0 Å². The van der Waals surface area contributed by atoms with Gasteiger partial charge in [0.2, 0.25) is 0 Å². The van der Waals surface area contributed by atoms with E-state index in [1.807, 2.05) is 0 Å². The molecule has 0 aliphatic heterocycles. The molecule has 0 spiro atoms. The molecule has 2 aliphatic carbocycles. The van der Waals surface area contributed by atoms with Crippen molar-refractivity contribution in [3.8, 4) is 0 Å².